The van der Waals surface area contributed by atoms with Crippen molar-refractivity contribution in [2.24, 2.45) is 10.7 Å². The second-order valence-corrected chi connectivity index (χ2v) is 3.92. The fraction of sp³-hybridized carbons (Fsp3) is 0.250. The molecule has 76 valence electrons. The number of amidine groups is 1. The van der Waals surface area contributed by atoms with Crippen LogP contribution in [0.15, 0.2) is 39.9 Å². The zero-order valence-electron chi connectivity index (χ0n) is 8.31. The molecule has 15 heavy (non-hydrogen) atoms. The molecule has 0 spiro atoms. The van der Waals surface area contributed by atoms with E-state index in [0.29, 0.717) is 5.92 Å². The van der Waals surface area contributed by atoms with Gasteiger partial charge in [-0.3, -0.25) is 4.99 Å². The van der Waals surface area contributed by atoms with Gasteiger partial charge < -0.3 is 10.2 Å². The van der Waals surface area contributed by atoms with Crippen LogP contribution in [-0.4, -0.2) is 12.4 Å². The van der Waals surface area contributed by atoms with Crippen molar-refractivity contribution in [3.05, 3.63) is 36.3 Å². The molecule has 2 N–H and O–H groups in total. The van der Waals surface area contributed by atoms with Gasteiger partial charge in [0.1, 0.15) is 5.76 Å². The minimum absolute atomic E-state index is 0.324. The highest BCUT2D eigenvalue weighted by Crippen LogP contribution is 2.31. The van der Waals surface area contributed by atoms with Gasteiger partial charge in [-0.2, -0.15) is 0 Å². The van der Waals surface area contributed by atoms with E-state index in [1.54, 1.807) is 6.26 Å². The van der Waals surface area contributed by atoms with Gasteiger partial charge in [0.25, 0.3) is 0 Å². The average molecular weight is 200 g/mol. The zero-order valence-corrected chi connectivity index (χ0v) is 8.31. The van der Waals surface area contributed by atoms with E-state index < -0.39 is 0 Å². The minimum atomic E-state index is 0.324. The number of nitrogens with zero attached hydrogens (tertiary/aromatic N) is 1. The number of fused-ring (bicyclic) bond motifs is 1. The summed E-state index contributed by atoms with van der Waals surface area (Å²) in [4.78, 5) is 4.21. The van der Waals surface area contributed by atoms with Crippen LogP contribution in [0.1, 0.15) is 18.1 Å². The van der Waals surface area contributed by atoms with Crippen LogP contribution in [0.2, 0.25) is 0 Å². The molecule has 3 heteroatoms. The normalized spacial score (nSPS) is 20.8. The maximum absolute atomic E-state index is 5.68. The van der Waals surface area contributed by atoms with Gasteiger partial charge in [0, 0.05) is 23.1 Å². The third kappa shape index (κ3) is 1.31. The van der Waals surface area contributed by atoms with Crippen LogP contribution in [0.25, 0.3) is 10.8 Å². The van der Waals surface area contributed by atoms with E-state index in [0.717, 1.165) is 29.9 Å². The molecule has 2 heterocycles. The lowest BCUT2D eigenvalue weighted by Crippen LogP contribution is -2.08. The van der Waals surface area contributed by atoms with Gasteiger partial charge in [0.2, 0.25) is 0 Å². The summed E-state index contributed by atoms with van der Waals surface area (Å²) in [5.41, 5.74) is 5.68. The van der Waals surface area contributed by atoms with Gasteiger partial charge in [0.05, 0.1) is 18.6 Å². The van der Waals surface area contributed by atoms with Crippen LogP contribution in [-0.2, 0) is 0 Å². The highest BCUT2D eigenvalue weighted by atomic mass is 16.3. The van der Waals surface area contributed by atoms with Gasteiger partial charge in [0.15, 0.2) is 0 Å². The van der Waals surface area contributed by atoms with Crippen molar-refractivity contribution in [2.75, 3.05) is 6.54 Å². The van der Waals surface area contributed by atoms with E-state index in [2.05, 4.69) is 17.1 Å². The molecule has 0 radical (unpaired) electrons. The van der Waals surface area contributed by atoms with Crippen molar-refractivity contribution in [3.63, 3.8) is 0 Å². The molecule has 0 bridgehead atoms. The molecule has 1 aliphatic heterocycles. The van der Waals surface area contributed by atoms with E-state index in [1.165, 1.54) is 5.39 Å². The van der Waals surface area contributed by atoms with Crippen molar-refractivity contribution in [3.8, 4) is 0 Å². The number of rotatable bonds is 1. The molecule has 2 aromatic rings. The number of benzene rings is 1. The van der Waals surface area contributed by atoms with Crippen LogP contribution in [0.5, 0.6) is 0 Å². The second-order valence-electron chi connectivity index (χ2n) is 3.92. The summed E-state index contributed by atoms with van der Waals surface area (Å²) < 4.78 is 5.62. The Kier molecular flexibility index (Phi) is 1.78. The predicted octanol–water partition coefficient (Wildman–Crippen LogP) is 2.28. The number of furan rings is 1. The molecular weight excluding hydrogens is 188 g/mol. The maximum atomic E-state index is 5.68. The summed E-state index contributed by atoms with van der Waals surface area (Å²) in [5, 5.41) is 2.34. The molecule has 1 unspecified atom stereocenters. The Morgan fingerprint density at radius 2 is 2.20 bits per heavy atom. The van der Waals surface area contributed by atoms with E-state index in [4.69, 9.17) is 10.2 Å². The Hall–Kier alpha value is -1.77. The average Bonchev–Trinajstić information content (AvgIpc) is 2.83. The molecule has 0 fully saturated rings. The first-order valence-electron chi connectivity index (χ1n) is 5.09. The van der Waals surface area contributed by atoms with E-state index in [1.807, 2.05) is 12.1 Å². The Morgan fingerprint density at radius 3 is 3.00 bits per heavy atom. The quantitative estimate of drug-likeness (QED) is 0.767. The highest BCUT2D eigenvalue weighted by Gasteiger charge is 2.23. The lowest BCUT2D eigenvalue weighted by atomic mass is 10.0. The SMILES string of the molecule is NC1=NCC(c2occ3ccccc23)C1. The van der Waals surface area contributed by atoms with Crippen LogP contribution in [0, 0.1) is 0 Å². The highest BCUT2D eigenvalue weighted by molar-refractivity contribution is 5.87. The molecule has 1 aliphatic rings. The summed E-state index contributed by atoms with van der Waals surface area (Å²) >= 11 is 0. The first kappa shape index (κ1) is 8.53. The molecule has 1 aromatic heterocycles. The van der Waals surface area contributed by atoms with E-state index >= 15 is 0 Å². The molecule has 1 aromatic carbocycles. The minimum Gasteiger partial charge on any atom is -0.468 e. The van der Waals surface area contributed by atoms with Crippen molar-refractivity contribution in [2.45, 2.75) is 12.3 Å². The molecule has 0 saturated carbocycles. The summed E-state index contributed by atoms with van der Waals surface area (Å²) in [7, 11) is 0. The Bertz CT molecular complexity index is 527. The molecule has 1 atom stereocenters. The van der Waals surface area contributed by atoms with Gasteiger partial charge >= 0.3 is 0 Å². The third-order valence-corrected chi connectivity index (χ3v) is 2.88. The molecule has 3 nitrogen and oxygen atoms in total. The van der Waals surface area contributed by atoms with Crippen LogP contribution in [0.3, 0.4) is 0 Å². The van der Waals surface area contributed by atoms with Crippen LogP contribution in [0.4, 0.5) is 0 Å². The van der Waals surface area contributed by atoms with E-state index in [-0.39, 0.29) is 0 Å². The van der Waals surface area contributed by atoms with E-state index in [9.17, 15) is 0 Å². The van der Waals surface area contributed by atoms with Crippen LogP contribution >= 0.6 is 0 Å². The van der Waals surface area contributed by atoms with Gasteiger partial charge in [-0.25, -0.2) is 0 Å². The fourth-order valence-electron chi connectivity index (χ4n) is 2.12. The molecule has 0 aliphatic carbocycles. The smallest absolute Gasteiger partial charge is 0.116 e. The summed E-state index contributed by atoms with van der Waals surface area (Å²) in [6.07, 6.45) is 2.62. The zero-order chi connectivity index (χ0) is 10.3. The van der Waals surface area contributed by atoms with Gasteiger partial charge in [-0.05, 0) is 0 Å². The molecule has 0 amide bonds. The molecular formula is C12H12N2O. The summed E-state index contributed by atoms with van der Waals surface area (Å²) in [5.74, 6) is 2.08. The Balaban J connectivity index is 2.05. The second kappa shape index (κ2) is 3.12. The van der Waals surface area contributed by atoms with Crippen molar-refractivity contribution >= 4 is 16.6 Å². The Labute approximate surface area is 87.6 Å². The summed E-state index contributed by atoms with van der Waals surface area (Å²) in [6, 6.07) is 8.19. The van der Waals surface area contributed by atoms with Gasteiger partial charge in [-0.1, -0.05) is 24.3 Å². The number of aliphatic imine (C=N–C) groups is 1. The lowest BCUT2D eigenvalue weighted by molar-refractivity contribution is 0.482. The summed E-state index contributed by atoms with van der Waals surface area (Å²) in [6.45, 7) is 0.753. The topological polar surface area (TPSA) is 51.5 Å². The van der Waals surface area contributed by atoms with Crippen molar-refractivity contribution in [1.29, 1.82) is 0 Å². The largest absolute Gasteiger partial charge is 0.468 e. The molecule has 3 rings (SSSR count). The monoisotopic (exact) mass is 200 g/mol. The Morgan fingerprint density at radius 1 is 1.33 bits per heavy atom. The standard InChI is InChI=1S/C12H12N2O/c13-11-5-9(6-14-11)12-10-4-2-1-3-8(10)7-15-12/h1-4,7,9H,5-6H2,(H2,13,14). The number of nitrogens with two attached hydrogens (primary N) is 1. The van der Waals surface area contributed by atoms with Gasteiger partial charge in [-0.15, -0.1) is 0 Å². The van der Waals surface area contributed by atoms with Crippen LogP contribution < -0.4 is 5.73 Å². The molecule has 0 saturated heterocycles. The first-order valence-corrected chi connectivity index (χ1v) is 5.09. The predicted molar refractivity (Wildman–Crippen MR) is 60.1 cm³/mol. The maximum Gasteiger partial charge on any atom is 0.116 e. The third-order valence-electron chi connectivity index (χ3n) is 2.88. The number of hydrogen-bond donors (Lipinski definition) is 1. The van der Waals surface area contributed by atoms with Crippen molar-refractivity contribution < 1.29 is 4.42 Å². The first-order chi connectivity index (χ1) is 7.34. The van der Waals surface area contributed by atoms with Crippen molar-refractivity contribution in [1.82, 2.24) is 0 Å². The fourth-order valence-corrected chi connectivity index (χ4v) is 2.12. The number of hydrogen-bond acceptors (Lipinski definition) is 3. The lowest BCUT2D eigenvalue weighted by Gasteiger charge is -2.04.